The molecule has 3 nitrogen and oxygen atoms in total. The predicted molar refractivity (Wildman–Crippen MR) is 94.9 cm³/mol. The largest absolute Gasteiger partial charge is 0.465 e. The van der Waals surface area contributed by atoms with Gasteiger partial charge in [-0.05, 0) is 42.5 Å². The SMILES string of the molecule is O=C1C(=CC=Cc2ccco2)SC(=S)N1c1cccc(C(F)(F)F)c1. The normalized spacial score (nSPS) is 17.2. The van der Waals surface area contributed by atoms with E-state index in [0.29, 0.717) is 10.7 Å². The molecule has 2 aromatic rings. The third-order valence-electron chi connectivity index (χ3n) is 3.28. The first-order valence-corrected chi connectivity index (χ1v) is 8.24. The lowest BCUT2D eigenvalue weighted by Gasteiger charge is -2.16. The lowest BCUT2D eigenvalue weighted by atomic mass is 10.2. The van der Waals surface area contributed by atoms with Gasteiger partial charge in [0.1, 0.15) is 5.76 Å². The predicted octanol–water partition coefficient (Wildman–Crippen LogP) is 5.26. The minimum absolute atomic E-state index is 0.0933. The van der Waals surface area contributed by atoms with Crippen molar-refractivity contribution in [2.24, 2.45) is 0 Å². The summed E-state index contributed by atoms with van der Waals surface area (Å²) in [6.07, 6.45) is 1.87. The van der Waals surface area contributed by atoms with Gasteiger partial charge in [-0.3, -0.25) is 9.69 Å². The summed E-state index contributed by atoms with van der Waals surface area (Å²) in [5, 5.41) is 0. The second kappa shape index (κ2) is 6.89. The number of thiocarbonyl (C=S) groups is 1. The lowest BCUT2D eigenvalue weighted by molar-refractivity contribution is -0.137. The van der Waals surface area contributed by atoms with Crippen LogP contribution in [0, 0.1) is 0 Å². The maximum atomic E-state index is 12.9. The molecule has 0 unspecified atom stereocenters. The molecule has 0 atom stereocenters. The van der Waals surface area contributed by atoms with Gasteiger partial charge in [-0.15, -0.1) is 0 Å². The van der Waals surface area contributed by atoms with E-state index in [1.165, 1.54) is 18.4 Å². The number of thioether (sulfide) groups is 1. The zero-order valence-electron chi connectivity index (χ0n) is 12.5. The maximum absolute atomic E-state index is 12.9. The molecule has 0 spiro atoms. The van der Waals surface area contributed by atoms with Gasteiger partial charge in [0, 0.05) is 0 Å². The zero-order chi connectivity index (χ0) is 18.0. The summed E-state index contributed by atoms with van der Waals surface area (Å²) in [5.41, 5.74) is -0.739. The van der Waals surface area contributed by atoms with E-state index >= 15 is 0 Å². The van der Waals surface area contributed by atoms with Crippen molar-refractivity contribution >= 4 is 46.0 Å². The fourth-order valence-corrected chi connectivity index (χ4v) is 3.39. The summed E-state index contributed by atoms with van der Waals surface area (Å²) < 4.78 is 43.9. The Hall–Kier alpha value is -2.32. The van der Waals surface area contributed by atoms with Gasteiger partial charge in [0.15, 0.2) is 4.32 Å². The molecular formula is C17H10F3NO2S2. The number of halogens is 3. The van der Waals surface area contributed by atoms with E-state index in [1.807, 2.05) is 0 Å². The van der Waals surface area contributed by atoms with E-state index in [4.69, 9.17) is 16.6 Å². The molecule has 2 heterocycles. The summed E-state index contributed by atoms with van der Waals surface area (Å²) in [5.74, 6) is 0.156. The monoisotopic (exact) mass is 381 g/mol. The van der Waals surface area contributed by atoms with Crippen LogP contribution in [0.2, 0.25) is 0 Å². The summed E-state index contributed by atoms with van der Waals surface area (Å²) in [6.45, 7) is 0. The van der Waals surface area contributed by atoms with Crippen molar-refractivity contribution in [1.82, 2.24) is 0 Å². The molecule has 1 amide bonds. The molecular weight excluding hydrogens is 371 g/mol. The molecule has 1 aromatic carbocycles. The highest BCUT2D eigenvalue weighted by Crippen LogP contribution is 2.37. The number of alkyl halides is 3. The number of amides is 1. The molecule has 0 bridgehead atoms. The summed E-state index contributed by atoms with van der Waals surface area (Å²) in [6, 6.07) is 8.00. The Bertz CT molecular complexity index is 870. The van der Waals surface area contributed by atoms with E-state index in [2.05, 4.69) is 0 Å². The molecule has 0 radical (unpaired) electrons. The molecule has 1 aliphatic heterocycles. The molecule has 0 saturated carbocycles. The number of anilines is 1. The van der Waals surface area contributed by atoms with Crippen LogP contribution in [0.3, 0.4) is 0 Å². The number of nitrogens with zero attached hydrogens (tertiary/aromatic N) is 1. The van der Waals surface area contributed by atoms with E-state index in [1.54, 1.807) is 30.4 Å². The Kier molecular flexibility index (Phi) is 4.82. The van der Waals surface area contributed by atoms with Gasteiger partial charge in [0.2, 0.25) is 0 Å². The Balaban J connectivity index is 1.84. The van der Waals surface area contributed by atoms with Gasteiger partial charge in [0.05, 0.1) is 22.4 Å². The van der Waals surface area contributed by atoms with Crippen LogP contribution >= 0.6 is 24.0 Å². The first-order valence-electron chi connectivity index (χ1n) is 7.01. The smallest absolute Gasteiger partial charge is 0.416 e. The molecule has 1 aromatic heterocycles. The van der Waals surface area contributed by atoms with Crippen molar-refractivity contribution in [3.05, 3.63) is 71.0 Å². The number of allylic oxidation sites excluding steroid dienone is 2. The number of carbonyl (C=O) groups is 1. The van der Waals surface area contributed by atoms with Gasteiger partial charge in [0.25, 0.3) is 5.91 Å². The molecule has 1 fully saturated rings. The molecule has 1 aliphatic rings. The van der Waals surface area contributed by atoms with Crippen LogP contribution in [0.15, 0.2) is 64.1 Å². The van der Waals surface area contributed by atoms with Crippen LogP contribution in [-0.4, -0.2) is 10.2 Å². The first-order chi connectivity index (χ1) is 11.9. The van der Waals surface area contributed by atoms with E-state index in [0.717, 1.165) is 28.8 Å². The van der Waals surface area contributed by atoms with E-state index < -0.39 is 17.6 Å². The molecule has 0 aliphatic carbocycles. The molecule has 0 N–H and O–H groups in total. The van der Waals surface area contributed by atoms with Crippen LogP contribution in [0.4, 0.5) is 18.9 Å². The maximum Gasteiger partial charge on any atom is 0.416 e. The van der Waals surface area contributed by atoms with Crippen molar-refractivity contribution < 1.29 is 22.4 Å². The average molecular weight is 381 g/mol. The van der Waals surface area contributed by atoms with E-state index in [9.17, 15) is 18.0 Å². The highest BCUT2D eigenvalue weighted by atomic mass is 32.2. The summed E-state index contributed by atoms with van der Waals surface area (Å²) >= 11 is 6.18. The van der Waals surface area contributed by atoms with Crippen LogP contribution in [0.5, 0.6) is 0 Å². The topological polar surface area (TPSA) is 33.5 Å². The Morgan fingerprint density at radius 1 is 1.20 bits per heavy atom. The second-order valence-corrected chi connectivity index (χ2v) is 6.64. The molecule has 128 valence electrons. The minimum atomic E-state index is -4.49. The minimum Gasteiger partial charge on any atom is -0.465 e. The number of hydrogen-bond donors (Lipinski definition) is 0. The zero-order valence-corrected chi connectivity index (χ0v) is 14.1. The van der Waals surface area contributed by atoms with Crippen molar-refractivity contribution in [3.63, 3.8) is 0 Å². The molecule has 1 saturated heterocycles. The van der Waals surface area contributed by atoms with E-state index in [-0.39, 0.29) is 10.0 Å². The molecule has 8 heteroatoms. The molecule has 3 rings (SSSR count). The fraction of sp³-hybridized carbons (Fsp3) is 0.0588. The number of furan rings is 1. The lowest BCUT2D eigenvalue weighted by Crippen LogP contribution is -2.27. The quantitative estimate of drug-likeness (QED) is 0.536. The van der Waals surface area contributed by atoms with Crippen molar-refractivity contribution in [2.45, 2.75) is 6.18 Å². The van der Waals surface area contributed by atoms with Gasteiger partial charge in [-0.2, -0.15) is 13.2 Å². The summed E-state index contributed by atoms with van der Waals surface area (Å²) in [4.78, 5) is 13.9. The van der Waals surface area contributed by atoms with Crippen molar-refractivity contribution in [1.29, 1.82) is 0 Å². The Labute approximate surface area is 150 Å². The standard InChI is InChI=1S/C17H10F3NO2S2/c18-17(19,20)11-4-1-5-12(10-11)21-15(22)14(25-16(21)24)8-2-6-13-7-3-9-23-13/h1-10H. The molecule has 25 heavy (non-hydrogen) atoms. The third-order valence-corrected chi connectivity index (χ3v) is 4.60. The van der Waals surface area contributed by atoms with Gasteiger partial charge < -0.3 is 4.42 Å². The van der Waals surface area contributed by atoms with Crippen LogP contribution < -0.4 is 4.90 Å². The fourth-order valence-electron chi connectivity index (χ4n) is 2.14. The van der Waals surface area contributed by atoms with Crippen molar-refractivity contribution in [3.8, 4) is 0 Å². The van der Waals surface area contributed by atoms with Crippen molar-refractivity contribution in [2.75, 3.05) is 4.90 Å². The summed E-state index contributed by atoms with van der Waals surface area (Å²) in [7, 11) is 0. The number of carbonyl (C=O) groups excluding carboxylic acids is 1. The van der Waals surface area contributed by atoms with Crippen LogP contribution in [0.1, 0.15) is 11.3 Å². The second-order valence-electron chi connectivity index (χ2n) is 4.96. The number of hydrogen-bond acceptors (Lipinski definition) is 4. The average Bonchev–Trinajstić information content (AvgIpc) is 3.15. The Morgan fingerprint density at radius 2 is 2.00 bits per heavy atom. The van der Waals surface area contributed by atoms with Gasteiger partial charge in [-0.1, -0.05) is 36.1 Å². The first kappa shape index (κ1) is 17.5. The Morgan fingerprint density at radius 3 is 2.68 bits per heavy atom. The van der Waals surface area contributed by atoms with Crippen LogP contribution in [-0.2, 0) is 11.0 Å². The highest BCUT2D eigenvalue weighted by molar-refractivity contribution is 8.27. The third kappa shape index (κ3) is 3.85. The van der Waals surface area contributed by atoms with Gasteiger partial charge >= 0.3 is 6.18 Å². The number of rotatable bonds is 3. The number of benzene rings is 1. The van der Waals surface area contributed by atoms with Crippen LogP contribution in [0.25, 0.3) is 6.08 Å². The van der Waals surface area contributed by atoms with Gasteiger partial charge in [-0.25, -0.2) is 0 Å². The highest BCUT2D eigenvalue weighted by Gasteiger charge is 2.35.